The van der Waals surface area contributed by atoms with E-state index in [1.807, 2.05) is 0 Å². The summed E-state index contributed by atoms with van der Waals surface area (Å²) in [7, 11) is -1.53. The van der Waals surface area contributed by atoms with E-state index in [0.717, 1.165) is 17.8 Å². The Hall–Kier alpha value is -0.123. The van der Waals surface area contributed by atoms with Gasteiger partial charge in [0.1, 0.15) is 0 Å². The third kappa shape index (κ3) is 5.77. The van der Waals surface area contributed by atoms with Crippen LogP contribution < -0.4 is 0 Å². The SMILES string of the molecule is CC[Si](CC)(CC)OC(C)(C)CCC[C@@H](C)C1CCC2/C(=C/CO)CCC[C@@]21C. The predicted molar refractivity (Wildman–Crippen MR) is 129 cm³/mol. The molecule has 0 spiro atoms. The number of aliphatic hydroxyl groups excluding tert-OH is 1. The first-order chi connectivity index (χ1) is 13.7. The van der Waals surface area contributed by atoms with Crippen molar-refractivity contribution in [2.75, 3.05) is 6.61 Å². The number of allylic oxidation sites excluding steroid dienone is 1. The molecule has 2 saturated carbocycles. The Morgan fingerprint density at radius 1 is 1.21 bits per heavy atom. The van der Waals surface area contributed by atoms with Crippen molar-refractivity contribution in [2.45, 2.75) is 124 Å². The van der Waals surface area contributed by atoms with Gasteiger partial charge >= 0.3 is 0 Å². The summed E-state index contributed by atoms with van der Waals surface area (Å²) in [5.74, 6) is 2.36. The first kappa shape index (κ1) is 25.1. The molecule has 0 amide bonds. The molecule has 0 aromatic rings. The number of aliphatic hydroxyl groups is 1. The van der Waals surface area contributed by atoms with Crippen molar-refractivity contribution in [3.8, 4) is 0 Å². The van der Waals surface area contributed by atoms with Crippen molar-refractivity contribution in [3.05, 3.63) is 11.6 Å². The van der Waals surface area contributed by atoms with E-state index in [9.17, 15) is 5.11 Å². The van der Waals surface area contributed by atoms with Crippen LogP contribution in [0.4, 0.5) is 0 Å². The maximum Gasteiger partial charge on any atom is 0.192 e. The molecule has 0 bridgehead atoms. The highest BCUT2D eigenvalue weighted by molar-refractivity contribution is 6.73. The molecule has 0 heterocycles. The summed E-state index contributed by atoms with van der Waals surface area (Å²) in [6.45, 7) is 17.0. The minimum atomic E-state index is -1.53. The summed E-state index contributed by atoms with van der Waals surface area (Å²) in [5, 5.41) is 9.44. The Morgan fingerprint density at radius 3 is 2.45 bits per heavy atom. The molecule has 2 rings (SSSR count). The summed E-state index contributed by atoms with van der Waals surface area (Å²) < 4.78 is 6.83. The van der Waals surface area contributed by atoms with E-state index in [4.69, 9.17) is 4.43 Å². The Kier molecular flexibility index (Phi) is 9.07. The first-order valence-electron chi connectivity index (χ1n) is 12.7. The highest BCUT2D eigenvalue weighted by Crippen LogP contribution is 2.59. The monoisotopic (exact) mass is 422 g/mol. The summed E-state index contributed by atoms with van der Waals surface area (Å²) in [5.41, 5.74) is 2.04. The lowest BCUT2D eigenvalue weighted by Gasteiger charge is -2.44. The number of hydrogen-bond donors (Lipinski definition) is 1. The second-order valence-electron chi connectivity index (χ2n) is 11.0. The van der Waals surface area contributed by atoms with E-state index in [-0.39, 0.29) is 12.2 Å². The fourth-order valence-electron chi connectivity index (χ4n) is 7.03. The van der Waals surface area contributed by atoms with Gasteiger partial charge in [-0.3, -0.25) is 0 Å². The lowest BCUT2D eigenvalue weighted by Crippen LogP contribution is -2.44. The molecule has 0 aromatic carbocycles. The highest BCUT2D eigenvalue weighted by atomic mass is 28.4. The van der Waals surface area contributed by atoms with Crippen molar-refractivity contribution in [2.24, 2.45) is 23.2 Å². The average Bonchev–Trinajstić information content (AvgIpc) is 3.04. The molecule has 2 aliphatic rings. The Morgan fingerprint density at radius 2 is 1.86 bits per heavy atom. The van der Waals surface area contributed by atoms with Crippen LogP contribution in [0.2, 0.25) is 18.1 Å². The van der Waals surface area contributed by atoms with Crippen LogP contribution in [0.1, 0.15) is 99.8 Å². The van der Waals surface area contributed by atoms with Crippen molar-refractivity contribution in [1.82, 2.24) is 0 Å². The zero-order valence-corrected chi connectivity index (χ0v) is 21.7. The molecule has 3 heteroatoms. The minimum Gasteiger partial charge on any atom is -0.412 e. The van der Waals surface area contributed by atoms with Gasteiger partial charge in [-0.05, 0) is 93.7 Å². The van der Waals surface area contributed by atoms with Crippen LogP contribution in [0.15, 0.2) is 11.6 Å². The second kappa shape index (κ2) is 10.5. The molecule has 1 N–H and O–H groups in total. The summed E-state index contributed by atoms with van der Waals surface area (Å²) in [6.07, 6.45) is 12.5. The third-order valence-corrected chi connectivity index (χ3v) is 13.8. The summed E-state index contributed by atoms with van der Waals surface area (Å²) in [6, 6.07) is 3.72. The largest absolute Gasteiger partial charge is 0.412 e. The minimum absolute atomic E-state index is 0.0258. The van der Waals surface area contributed by atoms with E-state index in [1.165, 1.54) is 69.5 Å². The van der Waals surface area contributed by atoms with Crippen LogP contribution in [0, 0.1) is 23.2 Å². The zero-order valence-electron chi connectivity index (χ0n) is 20.7. The molecule has 2 nitrogen and oxygen atoms in total. The van der Waals surface area contributed by atoms with Gasteiger partial charge in [-0.15, -0.1) is 0 Å². The molecule has 0 aliphatic heterocycles. The number of hydrogen-bond acceptors (Lipinski definition) is 2. The van der Waals surface area contributed by atoms with Crippen molar-refractivity contribution in [1.29, 1.82) is 0 Å². The fraction of sp³-hybridized carbons (Fsp3) is 0.923. The average molecular weight is 423 g/mol. The lowest BCUT2D eigenvalue weighted by molar-refractivity contribution is 0.0703. The van der Waals surface area contributed by atoms with E-state index >= 15 is 0 Å². The molecule has 0 saturated heterocycles. The van der Waals surface area contributed by atoms with Gasteiger partial charge in [0.25, 0.3) is 0 Å². The molecule has 2 unspecified atom stereocenters. The van der Waals surface area contributed by atoms with Crippen LogP contribution in [0.3, 0.4) is 0 Å². The lowest BCUT2D eigenvalue weighted by atomic mass is 9.60. The van der Waals surface area contributed by atoms with E-state index in [1.54, 1.807) is 5.57 Å². The van der Waals surface area contributed by atoms with E-state index in [2.05, 4.69) is 54.5 Å². The van der Waals surface area contributed by atoms with Gasteiger partial charge in [0, 0.05) is 0 Å². The molecule has 0 aromatic heterocycles. The topological polar surface area (TPSA) is 29.5 Å². The normalized spacial score (nSPS) is 30.6. The van der Waals surface area contributed by atoms with Crippen molar-refractivity contribution < 1.29 is 9.53 Å². The standard InChI is InChI=1S/C26H50O2Si/c1-8-29(9-2,10-3)28-25(5,6)18-11-13-21(4)23-15-16-24-22(17-20-27)14-12-19-26(23,24)7/h17,21,23-24,27H,8-16,18-20H2,1-7H3/b22-17+/t21-,23?,24?,26-/m1/s1. The van der Waals surface area contributed by atoms with Gasteiger partial charge in [-0.1, -0.05) is 59.1 Å². The van der Waals surface area contributed by atoms with Gasteiger partial charge in [0.2, 0.25) is 0 Å². The van der Waals surface area contributed by atoms with Gasteiger partial charge in [0.05, 0.1) is 12.2 Å². The molecular weight excluding hydrogens is 372 g/mol. The molecule has 170 valence electrons. The van der Waals surface area contributed by atoms with Crippen LogP contribution in [-0.2, 0) is 4.43 Å². The molecule has 0 radical (unpaired) electrons. The quantitative estimate of drug-likeness (QED) is 0.273. The van der Waals surface area contributed by atoms with Gasteiger partial charge in [0.15, 0.2) is 8.32 Å². The van der Waals surface area contributed by atoms with E-state index < -0.39 is 8.32 Å². The van der Waals surface area contributed by atoms with Crippen molar-refractivity contribution >= 4 is 8.32 Å². The van der Waals surface area contributed by atoms with Crippen molar-refractivity contribution in [3.63, 3.8) is 0 Å². The molecular formula is C26H50O2Si. The number of fused-ring (bicyclic) bond motifs is 1. The summed E-state index contributed by atoms with van der Waals surface area (Å²) in [4.78, 5) is 0. The molecule has 29 heavy (non-hydrogen) atoms. The van der Waals surface area contributed by atoms with Crippen LogP contribution >= 0.6 is 0 Å². The zero-order chi connectivity index (χ0) is 21.7. The third-order valence-electron chi connectivity index (χ3n) is 8.94. The van der Waals surface area contributed by atoms with Gasteiger partial charge < -0.3 is 9.53 Å². The predicted octanol–water partition coefficient (Wildman–Crippen LogP) is 7.73. The first-order valence-corrected chi connectivity index (χ1v) is 15.2. The Bertz CT molecular complexity index is 529. The highest BCUT2D eigenvalue weighted by Gasteiger charge is 2.50. The molecule has 4 atom stereocenters. The molecule has 2 aliphatic carbocycles. The smallest absolute Gasteiger partial charge is 0.192 e. The Balaban J connectivity index is 1.92. The van der Waals surface area contributed by atoms with Crippen LogP contribution in [0.25, 0.3) is 0 Å². The fourth-order valence-corrected chi connectivity index (χ4v) is 10.2. The van der Waals surface area contributed by atoms with Gasteiger partial charge in [-0.25, -0.2) is 0 Å². The second-order valence-corrected chi connectivity index (χ2v) is 15.7. The Labute approximate surface area is 183 Å². The number of rotatable bonds is 11. The maximum absolute atomic E-state index is 9.44. The van der Waals surface area contributed by atoms with E-state index in [0.29, 0.717) is 5.41 Å². The van der Waals surface area contributed by atoms with Crippen LogP contribution in [0.5, 0.6) is 0 Å². The summed E-state index contributed by atoms with van der Waals surface area (Å²) >= 11 is 0. The van der Waals surface area contributed by atoms with Crippen LogP contribution in [-0.4, -0.2) is 25.6 Å². The molecule has 2 fully saturated rings. The maximum atomic E-state index is 9.44. The van der Waals surface area contributed by atoms with Gasteiger partial charge in [-0.2, -0.15) is 0 Å².